The van der Waals surface area contributed by atoms with Gasteiger partial charge in [-0.25, -0.2) is 0 Å². The molecule has 1 aliphatic rings. The largest absolute Gasteiger partial charge is 0.481 e. The molecule has 1 heterocycles. The number of rotatable bonds is 5. The van der Waals surface area contributed by atoms with Crippen LogP contribution in [0, 0.1) is 0 Å². The van der Waals surface area contributed by atoms with Crippen molar-refractivity contribution in [2.24, 2.45) is 0 Å². The van der Waals surface area contributed by atoms with E-state index in [1.165, 1.54) is 5.56 Å². The Bertz CT molecular complexity index is 700. The molecule has 0 unspecified atom stereocenters. The standard InChI is InChI=1S/C18H19NO3S/c1-12(22-16-5-7-17(23-2)8-6-16)18(20)19-15-4-3-13-10-21-11-14(13)9-15/h3-9,12H,10-11H2,1-2H3,(H,19,20)/t12-/m0/s1. The van der Waals surface area contributed by atoms with Crippen LogP contribution in [0.2, 0.25) is 0 Å². The normalized spacial score (nSPS) is 14.2. The van der Waals surface area contributed by atoms with E-state index in [2.05, 4.69) is 5.32 Å². The van der Waals surface area contributed by atoms with Crippen molar-refractivity contribution in [3.05, 3.63) is 53.6 Å². The van der Waals surface area contributed by atoms with Gasteiger partial charge in [0, 0.05) is 10.6 Å². The predicted molar refractivity (Wildman–Crippen MR) is 91.9 cm³/mol. The number of hydrogen-bond acceptors (Lipinski definition) is 4. The molecule has 3 rings (SSSR count). The molecule has 0 radical (unpaired) electrons. The Morgan fingerprint density at radius 1 is 1.17 bits per heavy atom. The van der Waals surface area contributed by atoms with Crippen LogP contribution in [0.15, 0.2) is 47.4 Å². The van der Waals surface area contributed by atoms with Gasteiger partial charge in [-0.1, -0.05) is 6.07 Å². The number of thioether (sulfide) groups is 1. The summed E-state index contributed by atoms with van der Waals surface area (Å²) in [6, 6.07) is 13.6. The van der Waals surface area contributed by atoms with Gasteiger partial charge in [-0.05, 0) is 60.7 Å². The Hall–Kier alpha value is -1.98. The highest BCUT2D eigenvalue weighted by Crippen LogP contribution is 2.24. The molecule has 1 amide bonds. The Labute approximate surface area is 140 Å². The summed E-state index contributed by atoms with van der Waals surface area (Å²) in [6.45, 7) is 3.00. The number of hydrogen-bond donors (Lipinski definition) is 1. The summed E-state index contributed by atoms with van der Waals surface area (Å²) in [6.07, 6.45) is 1.45. The van der Waals surface area contributed by atoms with Crippen molar-refractivity contribution < 1.29 is 14.3 Å². The molecule has 1 aliphatic heterocycles. The summed E-state index contributed by atoms with van der Waals surface area (Å²) in [5, 5.41) is 2.89. The molecular formula is C18H19NO3S. The first-order chi connectivity index (χ1) is 11.2. The van der Waals surface area contributed by atoms with Crippen molar-refractivity contribution in [1.29, 1.82) is 0 Å². The molecule has 0 saturated carbocycles. The van der Waals surface area contributed by atoms with Crippen molar-refractivity contribution in [2.75, 3.05) is 11.6 Å². The van der Waals surface area contributed by atoms with Gasteiger partial charge in [0.2, 0.25) is 0 Å². The predicted octanol–water partition coefficient (Wildman–Crippen LogP) is 3.84. The third kappa shape index (κ3) is 3.86. The van der Waals surface area contributed by atoms with Crippen molar-refractivity contribution in [3.8, 4) is 5.75 Å². The minimum atomic E-state index is -0.570. The molecule has 0 bridgehead atoms. The van der Waals surface area contributed by atoms with E-state index < -0.39 is 6.10 Å². The highest BCUT2D eigenvalue weighted by molar-refractivity contribution is 7.98. The zero-order valence-electron chi connectivity index (χ0n) is 13.2. The van der Waals surface area contributed by atoms with Crippen LogP contribution in [0.4, 0.5) is 5.69 Å². The van der Waals surface area contributed by atoms with E-state index in [1.807, 2.05) is 48.7 Å². The number of carbonyl (C=O) groups is 1. The Balaban J connectivity index is 1.60. The lowest BCUT2D eigenvalue weighted by Crippen LogP contribution is -2.30. The number of benzene rings is 2. The molecule has 4 nitrogen and oxygen atoms in total. The molecule has 2 aromatic carbocycles. The first-order valence-electron chi connectivity index (χ1n) is 7.47. The maximum absolute atomic E-state index is 12.3. The molecule has 0 fully saturated rings. The van der Waals surface area contributed by atoms with Crippen LogP contribution in [0.1, 0.15) is 18.1 Å². The van der Waals surface area contributed by atoms with Gasteiger partial charge < -0.3 is 14.8 Å². The molecule has 0 aliphatic carbocycles. The first kappa shape index (κ1) is 15.9. The van der Waals surface area contributed by atoms with Crippen LogP contribution in [0.25, 0.3) is 0 Å². The quantitative estimate of drug-likeness (QED) is 0.847. The maximum atomic E-state index is 12.3. The van der Waals surface area contributed by atoms with Gasteiger partial charge in [0.1, 0.15) is 5.75 Å². The number of amides is 1. The van der Waals surface area contributed by atoms with Crippen LogP contribution < -0.4 is 10.1 Å². The Morgan fingerprint density at radius 2 is 1.91 bits per heavy atom. The van der Waals surface area contributed by atoms with Gasteiger partial charge in [0.25, 0.3) is 5.91 Å². The summed E-state index contributed by atoms with van der Waals surface area (Å²) < 4.78 is 11.1. The first-order valence-corrected chi connectivity index (χ1v) is 8.69. The van der Waals surface area contributed by atoms with Crippen LogP contribution >= 0.6 is 11.8 Å². The van der Waals surface area contributed by atoms with Crippen LogP contribution in [-0.2, 0) is 22.7 Å². The van der Waals surface area contributed by atoms with Crippen molar-refractivity contribution in [1.82, 2.24) is 0 Å². The van der Waals surface area contributed by atoms with E-state index in [9.17, 15) is 4.79 Å². The molecule has 0 aromatic heterocycles. The van der Waals surface area contributed by atoms with Crippen molar-refractivity contribution >= 4 is 23.4 Å². The zero-order valence-corrected chi connectivity index (χ0v) is 14.0. The fourth-order valence-electron chi connectivity index (χ4n) is 2.41. The number of anilines is 1. The zero-order chi connectivity index (χ0) is 16.2. The second kappa shape index (κ2) is 7.06. The van der Waals surface area contributed by atoms with Gasteiger partial charge in [-0.2, -0.15) is 0 Å². The fourth-order valence-corrected chi connectivity index (χ4v) is 2.81. The summed E-state index contributed by atoms with van der Waals surface area (Å²) in [7, 11) is 0. The molecule has 0 spiro atoms. The third-order valence-corrected chi connectivity index (χ3v) is 4.47. The molecule has 1 N–H and O–H groups in total. The monoisotopic (exact) mass is 329 g/mol. The van der Waals surface area contributed by atoms with E-state index in [0.717, 1.165) is 16.1 Å². The summed E-state index contributed by atoms with van der Waals surface area (Å²) >= 11 is 1.67. The van der Waals surface area contributed by atoms with E-state index >= 15 is 0 Å². The van der Waals surface area contributed by atoms with Gasteiger partial charge >= 0.3 is 0 Å². The molecule has 120 valence electrons. The molecule has 23 heavy (non-hydrogen) atoms. The Kier molecular flexibility index (Phi) is 4.88. The van der Waals surface area contributed by atoms with Gasteiger partial charge in [-0.3, -0.25) is 4.79 Å². The van der Waals surface area contributed by atoms with Gasteiger partial charge in [0.05, 0.1) is 13.2 Å². The minimum absolute atomic E-state index is 0.169. The lowest BCUT2D eigenvalue weighted by Gasteiger charge is -2.15. The summed E-state index contributed by atoms with van der Waals surface area (Å²) in [5.41, 5.74) is 3.08. The molecule has 1 atom stereocenters. The van der Waals surface area contributed by atoms with Crippen LogP contribution in [-0.4, -0.2) is 18.3 Å². The van der Waals surface area contributed by atoms with Crippen LogP contribution in [0.5, 0.6) is 5.75 Å². The second-order valence-electron chi connectivity index (χ2n) is 5.40. The van der Waals surface area contributed by atoms with Gasteiger partial charge in [-0.15, -0.1) is 11.8 Å². The summed E-state index contributed by atoms with van der Waals surface area (Å²) in [5.74, 6) is 0.519. The minimum Gasteiger partial charge on any atom is -0.481 e. The fraction of sp³-hybridized carbons (Fsp3) is 0.278. The number of ether oxygens (including phenoxy) is 2. The maximum Gasteiger partial charge on any atom is 0.265 e. The Morgan fingerprint density at radius 3 is 2.65 bits per heavy atom. The smallest absolute Gasteiger partial charge is 0.265 e. The average Bonchev–Trinajstić information content (AvgIpc) is 3.03. The van der Waals surface area contributed by atoms with Gasteiger partial charge in [0.15, 0.2) is 6.10 Å². The van der Waals surface area contributed by atoms with E-state index in [0.29, 0.717) is 19.0 Å². The number of fused-ring (bicyclic) bond motifs is 1. The second-order valence-corrected chi connectivity index (χ2v) is 6.28. The van der Waals surface area contributed by atoms with E-state index in [1.54, 1.807) is 18.7 Å². The molecule has 5 heteroatoms. The lowest BCUT2D eigenvalue weighted by molar-refractivity contribution is -0.122. The topological polar surface area (TPSA) is 47.6 Å². The average molecular weight is 329 g/mol. The summed E-state index contributed by atoms with van der Waals surface area (Å²) in [4.78, 5) is 13.4. The molecule has 2 aromatic rings. The van der Waals surface area contributed by atoms with E-state index in [4.69, 9.17) is 9.47 Å². The lowest BCUT2D eigenvalue weighted by atomic mass is 10.1. The highest BCUT2D eigenvalue weighted by Gasteiger charge is 2.17. The SMILES string of the molecule is CSc1ccc(O[C@@H](C)C(=O)Nc2ccc3c(c2)COC3)cc1. The number of nitrogens with one attached hydrogen (secondary N) is 1. The van der Waals surface area contributed by atoms with Crippen molar-refractivity contribution in [3.63, 3.8) is 0 Å². The van der Waals surface area contributed by atoms with E-state index in [-0.39, 0.29) is 5.91 Å². The van der Waals surface area contributed by atoms with Crippen LogP contribution in [0.3, 0.4) is 0 Å². The highest BCUT2D eigenvalue weighted by atomic mass is 32.2. The molecule has 0 saturated heterocycles. The molecular weight excluding hydrogens is 310 g/mol. The third-order valence-electron chi connectivity index (χ3n) is 3.73. The van der Waals surface area contributed by atoms with Crippen molar-refractivity contribution in [2.45, 2.75) is 31.1 Å². The number of carbonyl (C=O) groups excluding carboxylic acids is 1.